The molecule has 0 aliphatic carbocycles. The van der Waals surface area contributed by atoms with Gasteiger partial charge in [0.15, 0.2) is 0 Å². The molecule has 1 aliphatic heterocycles. The molecule has 0 radical (unpaired) electrons. The summed E-state index contributed by atoms with van der Waals surface area (Å²) < 4.78 is 0. The van der Waals surface area contributed by atoms with Gasteiger partial charge in [-0.25, -0.2) is 0 Å². The van der Waals surface area contributed by atoms with Crippen LogP contribution < -0.4 is 5.32 Å². The Morgan fingerprint density at radius 1 is 0.886 bits per heavy atom. The molecular weight excluding hydrogens is 460 g/mol. The second kappa shape index (κ2) is 9.65. The number of carbonyl (C=O) groups is 2. The van der Waals surface area contributed by atoms with Crippen LogP contribution in [0.5, 0.6) is 5.75 Å². The van der Waals surface area contributed by atoms with Crippen molar-refractivity contribution in [2.45, 2.75) is 18.6 Å². The lowest BCUT2D eigenvalue weighted by atomic mass is 9.95. The minimum Gasteiger partial charge on any atom is -0.508 e. The van der Waals surface area contributed by atoms with E-state index in [1.54, 1.807) is 47.4 Å². The Morgan fingerprint density at radius 2 is 1.49 bits per heavy atom. The molecule has 2 amide bonds. The van der Waals surface area contributed by atoms with Gasteiger partial charge in [-0.15, -0.1) is 0 Å². The average Bonchev–Trinajstić information content (AvgIpc) is 3.16. The lowest BCUT2D eigenvalue weighted by Crippen LogP contribution is -2.41. The van der Waals surface area contributed by atoms with Crippen LogP contribution in [0.15, 0.2) is 103 Å². The van der Waals surface area contributed by atoms with Crippen LogP contribution in [-0.2, 0) is 11.3 Å². The third kappa shape index (κ3) is 4.38. The number of rotatable bonds is 6. The second-order valence-electron chi connectivity index (χ2n) is 8.42. The summed E-state index contributed by atoms with van der Waals surface area (Å²) in [5.74, 6) is -0.487. The first kappa shape index (κ1) is 22.7. The molecule has 0 spiro atoms. The number of aromatic hydroxyl groups is 1. The minimum atomic E-state index is -0.896. The van der Waals surface area contributed by atoms with Crippen molar-refractivity contribution in [1.29, 1.82) is 0 Å². The summed E-state index contributed by atoms with van der Waals surface area (Å²) in [6, 6.07) is 29.8. The molecule has 0 saturated heterocycles. The molecule has 1 aliphatic rings. The van der Waals surface area contributed by atoms with Crippen LogP contribution in [-0.4, -0.2) is 21.8 Å². The van der Waals surface area contributed by atoms with Gasteiger partial charge in [0, 0.05) is 22.7 Å². The zero-order chi connectivity index (χ0) is 24.4. The normalized spacial score (nSPS) is 14.7. The fourth-order valence-corrected chi connectivity index (χ4v) is 4.80. The molecule has 0 fully saturated rings. The van der Waals surface area contributed by atoms with Crippen LogP contribution in [0, 0.1) is 0 Å². The molecule has 6 heteroatoms. The molecule has 5 nitrogen and oxygen atoms in total. The number of phenols is 1. The Hall–Kier alpha value is -4.09. The van der Waals surface area contributed by atoms with Crippen LogP contribution in [0.1, 0.15) is 44.7 Å². The molecule has 0 aromatic heterocycles. The van der Waals surface area contributed by atoms with E-state index in [9.17, 15) is 14.7 Å². The molecule has 2 N–H and O–H groups in total. The number of hydrogen-bond donors (Lipinski definition) is 2. The number of benzene rings is 4. The van der Waals surface area contributed by atoms with Crippen molar-refractivity contribution in [2.24, 2.45) is 0 Å². The van der Waals surface area contributed by atoms with Gasteiger partial charge in [-0.1, -0.05) is 90.5 Å². The van der Waals surface area contributed by atoms with Crippen LogP contribution in [0.4, 0.5) is 0 Å². The molecule has 1 atom stereocenters. The van der Waals surface area contributed by atoms with Gasteiger partial charge >= 0.3 is 0 Å². The van der Waals surface area contributed by atoms with Crippen molar-refractivity contribution in [3.63, 3.8) is 0 Å². The molecule has 5 rings (SSSR count). The number of nitrogens with zero attached hydrogens (tertiary/aromatic N) is 1. The molecule has 174 valence electrons. The number of nitrogens with one attached hydrogen (secondary N) is 1. The lowest BCUT2D eigenvalue weighted by Gasteiger charge is -2.33. The molecule has 35 heavy (non-hydrogen) atoms. The maximum atomic E-state index is 13.8. The quantitative estimate of drug-likeness (QED) is 0.373. The standard InChI is InChI=1S/C29H23ClN2O3/c30-22-15-16-23-24(17-22)27(28(34)31-18-21-13-7-8-14-25(21)33)32(29(23)35)26(19-9-3-1-4-10-19)20-11-5-2-6-12-20/h1-17,26-27,33H,18H2,(H,31,34). The van der Waals surface area contributed by atoms with Gasteiger partial charge in [-0.3, -0.25) is 9.59 Å². The number of carbonyl (C=O) groups excluding carboxylic acids is 2. The van der Waals surface area contributed by atoms with E-state index in [2.05, 4.69) is 5.32 Å². The van der Waals surface area contributed by atoms with E-state index in [4.69, 9.17) is 11.6 Å². The molecule has 4 aromatic carbocycles. The van der Waals surface area contributed by atoms with Crippen molar-refractivity contribution in [3.05, 3.63) is 136 Å². The maximum Gasteiger partial charge on any atom is 0.255 e. The van der Waals surface area contributed by atoms with Gasteiger partial charge in [-0.05, 0) is 41.0 Å². The Balaban J connectivity index is 1.59. The SMILES string of the molecule is O=C(NCc1ccccc1O)C1c2cc(Cl)ccc2C(=O)N1C(c1ccccc1)c1ccccc1. The summed E-state index contributed by atoms with van der Waals surface area (Å²) >= 11 is 6.30. The highest BCUT2D eigenvalue weighted by Gasteiger charge is 2.45. The van der Waals surface area contributed by atoms with Crippen LogP contribution >= 0.6 is 11.6 Å². The first-order chi connectivity index (χ1) is 17.0. The van der Waals surface area contributed by atoms with Gasteiger partial charge in [0.25, 0.3) is 5.91 Å². The minimum absolute atomic E-state index is 0.0991. The van der Waals surface area contributed by atoms with E-state index in [0.717, 1.165) is 11.1 Å². The lowest BCUT2D eigenvalue weighted by molar-refractivity contribution is -0.126. The van der Waals surface area contributed by atoms with Crippen molar-refractivity contribution < 1.29 is 14.7 Å². The Bertz CT molecular complexity index is 1340. The highest BCUT2D eigenvalue weighted by atomic mass is 35.5. The molecular formula is C29H23ClN2O3. The molecule has 0 bridgehead atoms. The van der Waals surface area contributed by atoms with E-state index >= 15 is 0 Å². The molecule has 1 unspecified atom stereocenters. The van der Waals surface area contributed by atoms with Gasteiger partial charge in [-0.2, -0.15) is 0 Å². The van der Waals surface area contributed by atoms with E-state index in [-0.39, 0.29) is 24.1 Å². The van der Waals surface area contributed by atoms with Crippen molar-refractivity contribution in [3.8, 4) is 5.75 Å². The van der Waals surface area contributed by atoms with E-state index < -0.39 is 12.1 Å². The van der Waals surface area contributed by atoms with E-state index in [1.807, 2.05) is 60.7 Å². The zero-order valence-corrected chi connectivity index (χ0v) is 19.5. The number of amides is 2. The fraction of sp³-hybridized carbons (Fsp3) is 0.103. The third-order valence-electron chi connectivity index (χ3n) is 6.25. The van der Waals surface area contributed by atoms with Gasteiger partial charge in [0.1, 0.15) is 11.8 Å². The fourth-order valence-electron chi connectivity index (χ4n) is 4.62. The number of halogens is 1. The molecule has 1 heterocycles. The Labute approximate surface area is 208 Å². The molecule has 4 aromatic rings. The second-order valence-corrected chi connectivity index (χ2v) is 8.85. The first-order valence-electron chi connectivity index (χ1n) is 11.3. The van der Waals surface area contributed by atoms with Gasteiger partial charge in [0.2, 0.25) is 5.91 Å². The van der Waals surface area contributed by atoms with Crippen LogP contribution in [0.2, 0.25) is 5.02 Å². The van der Waals surface area contributed by atoms with Gasteiger partial charge in [0.05, 0.1) is 6.04 Å². The van der Waals surface area contributed by atoms with Crippen molar-refractivity contribution in [2.75, 3.05) is 0 Å². The van der Waals surface area contributed by atoms with Crippen LogP contribution in [0.3, 0.4) is 0 Å². The van der Waals surface area contributed by atoms with E-state index in [0.29, 0.717) is 21.7 Å². The summed E-state index contributed by atoms with van der Waals surface area (Å²) in [6.45, 7) is 0.126. The van der Waals surface area contributed by atoms with E-state index in [1.165, 1.54) is 0 Å². The van der Waals surface area contributed by atoms with Gasteiger partial charge < -0.3 is 15.3 Å². The predicted octanol–water partition coefficient (Wildman–Crippen LogP) is 5.65. The smallest absolute Gasteiger partial charge is 0.255 e. The summed E-state index contributed by atoms with van der Waals surface area (Å²) in [7, 11) is 0. The van der Waals surface area contributed by atoms with Crippen LogP contribution in [0.25, 0.3) is 0 Å². The number of hydrogen-bond acceptors (Lipinski definition) is 3. The Morgan fingerprint density at radius 3 is 2.11 bits per heavy atom. The monoisotopic (exact) mass is 482 g/mol. The maximum absolute atomic E-state index is 13.8. The largest absolute Gasteiger partial charge is 0.508 e. The summed E-state index contributed by atoms with van der Waals surface area (Å²) in [4.78, 5) is 29.1. The highest BCUT2D eigenvalue weighted by Crippen LogP contribution is 2.43. The average molecular weight is 483 g/mol. The van der Waals surface area contributed by atoms with Crippen molar-refractivity contribution >= 4 is 23.4 Å². The number of phenolic OH excluding ortho intramolecular Hbond substituents is 1. The predicted molar refractivity (Wildman–Crippen MR) is 135 cm³/mol. The number of para-hydroxylation sites is 1. The summed E-state index contributed by atoms with van der Waals surface area (Å²) in [5, 5.41) is 13.5. The topological polar surface area (TPSA) is 69.6 Å². The zero-order valence-electron chi connectivity index (χ0n) is 18.8. The summed E-state index contributed by atoms with van der Waals surface area (Å²) in [6.07, 6.45) is 0. The van der Waals surface area contributed by atoms with Crippen molar-refractivity contribution in [1.82, 2.24) is 10.2 Å². The Kier molecular flexibility index (Phi) is 6.25. The summed E-state index contributed by atoms with van der Waals surface area (Å²) in [5.41, 5.74) is 3.39. The first-order valence-corrected chi connectivity index (χ1v) is 11.7. The highest BCUT2D eigenvalue weighted by molar-refractivity contribution is 6.31. The molecule has 0 saturated carbocycles. The third-order valence-corrected chi connectivity index (χ3v) is 6.49. The number of fused-ring (bicyclic) bond motifs is 1.